The zero-order chi connectivity index (χ0) is 21.3. The van der Waals surface area contributed by atoms with Crippen LogP contribution in [-0.4, -0.2) is 94.9 Å². The molecular weight excluding hydrogens is 466 g/mol. The molecule has 2 aromatic rings. The summed E-state index contributed by atoms with van der Waals surface area (Å²) in [5.41, 5.74) is -1.25. The van der Waals surface area contributed by atoms with Crippen LogP contribution in [0.2, 0.25) is 0 Å². The number of nitro groups is 2. The van der Waals surface area contributed by atoms with Crippen LogP contribution in [0.1, 0.15) is 11.1 Å². The van der Waals surface area contributed by atoms with Crippen molar-refractivity contribution in [2.75, 3.05) is 0 Å². The normalized spacial score (nSPS) is 11.1. The monoisotopic (exact) mass is 478 g/mol. The van der Waals surface area contributed by atoms with Crippen LogP contribution < -0.4 is 0 Å². The Morgan fingerprint density at radius 3 is 1.23 bits per heavy atom. The van der Waals surface area contributed by atoms with Gasteiger partial charge in [-0.2, -0.15) is 16.8 Å². The van der Waals surface area contributed by atoms with Gasteiger partial charge in [-0.25, -0.2) is 0 Å². The average molecular weight is 478 g/mol. The van der Waals surface area contributed by atoms with E-state index in [1.54, 1.807) is 0 Å². The first-order chi connectivity index (χ1) is 12.8. The number of nitrogens with zero attached hydrogens (tertiary/aromatic N) is 2. The summed E-state index contributed by atoms with van der Waals surface area (Å²) in [4.78, 5) is 18.4. The van der Waals surface area contributed by atoms with Gasteiger partial charge in [0.05, 0.1) is 9.85 Å². The maximum Gasteiger partial charge on any atom is 0.295 e. The van der Waals surface area contributed by atoms with E-state index in [0.717, 1.165) is 24.3 Å². The van der Waals surface area contributed by atoms with Crippen LogP contribution in [-0.2, 0) is 33.1 Å². The Kier molecular flexibility index (Phi) is 10.7. The molecule has 2 aromatic carbocycles. The van der Waals surface area contributed by atoms with E-state index in [1.165, 1.54) is 0 Å². The van der Waals surface area contributed by atoms with Gasteiger partial charge in [-0.1, -0.05) is 12.1 Å². The first-order valence-electron chi connectivity index (χ1n) is 7.30. The van der Waals surface area contributed by atoms with Crippen molar-refractivity contribution < 1.29 is 35.8 Å². The number of hydrogen-bond acceptors (Lipinski definition) is 8. The predicted octanol–water partition coefficient (Wildman–Crippen LogP) is 1.02. The van der Waals surface area contributed by atoms with Gasteiger partial charge in [-0.3, -0.25) is 29.3 Å². The number of hydrogen-bond donors (Lipinski definition) is 2. The smallest absolute Gasteiger partial charge is 0.282 e. The van der Waals surface area contributed by atoms with Crippen LogP contribution in [0, 0.1) is 20.2 Å². The summed E-state index contributed by atoms with van der Waals surface area (Å²) in [7, 11) is -9.62. The van der Waals surface area contributed by atoms with Gasteiger partial charge in [0.15, 0.2) is 0 Å². The number of rotatable bonds is 7. The summed E-state index contributed by atoms with van der Waals surface area (Å²) in [5, 5.41) is 21.6. The molecule has 152 valence electrons. The summed E-state index contributed by atoms with van der Waals surface area (Å²) < 4.78 is 64.6. The molecule has 0 saturated carbocycles. The van der Waals surface area contributed by atoms with Crippen molar-refractivity contribution in [3.05, 3.63) is 67.8 Å². The minimum atomic E-state index is -4.81. The second kappa shape index (κ2) is 11.1. The van der Waals surface area contributed by atoms with E-state index in [2.05, 4.69) is 0 Å². The van der Waals surface area contributed by atoms with Gasteiger partial charge >= 0.3 is 0 Å². The molecule has 0 unspecified atom stereocenters. The molecule has 0 heterocycles. The first kappa shape index (κ1) is 29.1. The van der Waals surface area contributed by atoms with E-state index in [-0.39, 0.29) is 83.1 Å². The molecule has 2 rings (SSSR count). The van der Waals surface area contributed by atoms with Gasteiger partial charge in [0, 0.05) is 83.4 Å². The molecule has 0 saturated heterocycles. The molecule has 0 spiro atoms. The number of nitro benzene ring substituents is 2. The fourth-order valence-corrected chi connectivity index (χ4v) is 4.02. The van der Waals surface area contributed by atoms with Crippen molar-refractivity contribution in [1.29, 1.82) is 0 Å². The van der Waals surface area contributed by atoms with Crippen molar-refractivity contribution in [3.8, 4) is 0 Å². The van der Waals surface area contributed by atoms with E-state index in [0.29, 0.717) is 12.1 Å². The van der Waals surface area contributed by atoms with Gasteiger partial charge in [0.1, 0.15) is 9.79 Å². The molecule has 0 fully saturated rings. The zero-order valence-electron chi connectivity index (χ0n) is 15.7. The van der Waals surface area contributed by atoms with Gasteiger partial charge in [-0.05, 0) is 24.0 Å². The van der Waals surface area contributed by atoms with Crippen LogP contribution in [0.4, 0.5) is 11.4 Å². The minimum absolute atomic E-state index is 0. The SMILES string of the molecule is O=[N+]([O-])c1ccc(CCc2ccc([N+](=O)[O-])cc2S(=O)(=O)O)c(S(=O)(=O)O)c1.[Na].[Na]. The molecule has 0 atom stereocenters. The standard InChI is InChI=1S/C14H12N2O10S2.2Na/c17-15(18)11-5-3-9(13(7-11)27(21,22)23)1-2-10-4-6-12(16(19)20)8-14(10)28(24,25)26;;/h3-8H,1-2H2,(H,21,22,23)(H,24,25,26);;. The second-order valence-corrected chi connectivity index (χ2v) is 8.33. The fraction of sp³-hybridized carbons (Fsp3) is 0.143. The van der Waals surface area contributed by atoms with Crippen LogP contribution in [0.5, 0.6) is 0 Å². The molecule has 30 heavy (non-hydrogen) atoms. The van der Waals surface area contributed by atoms with Crippen LogP contribution >= 0.6 is 0 Å². The Hall–Kier alpha value is -0.940. The van der Waals surface area contributed by atoms with Crippen molar-refractivity contribution in [3.63, 3.8) is 0 Å². The fourth-order valence-electron chi connectivity index (χ4n) is 2.48. The molecular formula is C14H12N2Na2O10S2. The molecule has 2 radical (unpaired) electrons. The van der Waals surface area contributed by atoms with E-state index in [1.807, 2.05) is 0 Å². The second-order valence-electron chi connectivity index (χ2n) is 5.55. The largest absolute Gasteiger partial charge is 0.295 e. The maximum atomic E-state index is 11.5. The Balaban J connectivity index is 0.00000420. The molecule has 0 amide bonds. The molecule has 0 aliphatic rings. The Bertz CT molecular complexity index is 1090. The maximum absolute atomic E-state index is 11.5. The molecule has 12 nitrogen and oxygen atoms in total. The van der Waals surface area contributed by atoms with E-state index in [9.17, 15) is 46.2 Å². The summed E-state index contributed by atoms with van der Waals surface area (Å²) >= 11 is 0. The number of aryl methyl sites for hydroxylation is 2. The van der Waals surface area contributed by atoms with Crippen molar-refractivity contribution in [2.45, 2.75) is 22.6 Å². The molecule has 0 aromatic heterocycles. The predicted molar refractivity (Wildman–Crippen MR) is 105 cm³/mol. The van der Waals surface area contributed by atoms with Crippen molar-refractivity contribution in [2.24, 2.45) is 0 Å². The molecule has 16 heteroatoms. The molecule has 0 aliphatic carbocycles. The third-order valence-corrected chi connectivity index (χ3v) is 5.61. The molecule has 0 aliphatic heterocycles. The van der Waals surface area contributed by atoms with Crippen LogP contribution in [0.3, 0.4) is 0 Å². The van der Waals surface area contributed by atoms with Gasteiger partial charge < -0.3 is 0 Å². The summed E-state index contributed by atoms with van der Waals surface area (Å²) in [5.74, 6) is 0. The first-order valence-corrected chi connectivity index (χ1v) is 10.2. The Morgan fingerprint density at radius 1 is 0.700 bits per heavy atom. The Labute approximate surface area is 215 Å². The molecule has 2 N–H and O–H groups in total. The Morgan fingerprint density at radius 2 is 1.00 bits per heavy atom. The van der Waals surface area contributed by atoms with Crippen LogP contribution in [0.15, 0.2) is 46.2 Å². The zero-order valence-corrected chi connectivity index (χ0v) is 21.4. The van der Waals surface area contributed by atoms with E-state index >= 15 is 0 Å². The topological polar surface area (TPSA) is 195 Å². The minimum Gasteiger partial charge on any atom is -0.282 e. The summed E-state index contributed by atoms with van der Waals surface area (Å²) in [6, 6.07) is 5.49. The van der Waals surface area contributed by atoms with Gasteiger partial charge in [-0.15, -0.1) is 0 Å². The third kappa shape index (κ3) is 7.33. The quantitative estimate of drug-likeness (QED) is 0.251. The van der Waals surface area contributed by atoms with Gasteiger partial charge in [0.25, 0.3) is 31.6 Å². The van der Waals surface area contributed by atoms with Gasteiger partial charge in [0.2, 0.25) is 0 Å². The average Bonchev–Trinajstić information content (AvgIpc) is 2.57. The molecule has 0 bridgehead atoms. The van der Waals surface area contributed by atoms with Crippen molar-refractivity contribution >= 4 is 90.7 Å². The van der Waals surface area contributed by atoms with E-state index < -0.39 is 51.2 Å². The number of non-ortho nitro benzene ring substituents is 2. The number of benzene rings is 2. The van der Waals surface area contributed by atoms with E-state index in [4.69, 9.17) is 0 Å². The summed E-state index contributed by atoms with van der Waals surface area (Å²) in [6.45, 7) is 0. The summed E-state index contributed by atoms with van der Waals surface area (Å²) in [6.07, 6.45) is -0.402. The van der Waals surface area contributed by atoms with Crippen LogP contribution in [0.25, 0.3) is 0 Å². The third-order valence-electron chi connectivity index (χ3n) is 3.74. The van der Waals surface area contributed by atoms with Crippen molar-refractivity contribution in [1.82, 2.24) is 0 Å².